The molecule has 0 radical (unpaired) electrons. The van der Waals surface area contributed by atoms with Gasteiger partial charge in [0.05, 0.1) is 17.0 Å². The lowest BCUT2D eigenvalue weighted by Crippen LogP contribution is -2.44. The zero-order valence-corrected chi connectivity index (χ0v) is 16.8. The van der Waals surface area contributed by atoms with Crippen molar-refractivity contribution in [1.82, 2.24) is 4.90 Å². The van der Waals surface area contributed by atoms with Gasteiger partial charge in [0.2, 0.25) is 5.91 Å². The van der Waals surface area contributed by atoms with Crippen molar-refractivity contribution in [2.24, 2.45) is 0 Å². The molecule has 0 aliphatic carbocycles. The number of rotatable bonds is 3. The van der Waals surface area contributed by atoms with Crippen molar-refractivity contribution in [3.05, 3.63) is 70.1 Å². The fraction of sp³-hybridized carbons (Fsp3) is 0.100. The first-order valence-corrected chi connectivity index (χ1v) is 10.0. The summed E-state index contributed by atoms with van der Waals surface area (Å²) in [4.78, 5) is 41.1. The van der Waals surface area contributed by atoms with Gasteiger partial charge in [0.25, 0.3) is 11.8 Å². The molecule has 4 rings (SSSR count). The predicted molar refractivity (Wildman–Crippen MR) is 114 cm³/mol. The van der Waals surface area contributed by atoms with Crippen LogP contribution >= 0.6 is 35.6 Å². The molecule has 0 N–H and O–H groups in total. The summed E-state index contributed by atoms with van der Waals surface area (Å²) in [6, 6.07) is 14.8. The number of carbonyl (C=O) groups excluding carboxylic acids is 3. The molecule has 0 unspecified atom stereocenters. The maximum Gasteiger partial charge on any atom is 0.266 e. The largest absolute Gasteiger partial charge is 0.280 e. The van der Waals surface area contributed by atoms with Crippen LogP contribution in [-0.4, -0.2) is 33.0 Å². The van der Waals surface area contributed by atoms with Crippen molar-refractivity contribution in [3.63, 3.8) is 0 Å². The zero-order valence-electron chi connectivity index (χ0n) is 14.4. The molecule has 2 aromatic carbocycles. The molecule has 2 aliphatic rings. The van der Waals surface area contributed by atoms with Crippen LogP contribution in [0.5, 0.6) is 0 Å². The number of thioether (sulfide) groups is 1. The maximum absolute atomic E-state index is 12.9. The minimum Gasteiger partial charge on any atom is -0.280 e. The van der Waals surface area contributed by atoms with Gasteiger partial charge in [-0.1, -0.05) is 65.9 Å². The first kappa shape index (κ1) is 18.9. The lowest BCUT2D eigenvalue weighted by atomic mass is 10.2. The molecule has 2 heterocycles. The number of benzene rings is 2. The van der Waals surface area contributed by atoms with E-state index in [1.54, 1.807) is 30.3 Å². The lowest BCUT2D eigenvalue weighted by Gasteiger charge is -2.21. The highest BCUT2D eigenvalue weighted by Crippen LogP contribution is 2.37. The van der Waals surface area contributed by atoms with E-state index in [0.717, 1.165) is 22.2 Å². The van der Waals surface area contributed by atoms with Crippen molar-refractivity contribution in [2.45, 2.75) is 12.5 Å². The Balaban J connectivity index is 1.61. The molecule has 5 nitrogen and oxygen atoms in total. The molecule has 3 amide bonds. The van der Waals surface area contributed by atoms with E-state index in [9.17, 15) is 14.4 Å². The lowest BCUT2D eigenvalue weighted by molar-refractivity contribution is -0.129. The molecule has 0 saturated carbocycles. The SMILES string of the molecule is O=C1C[C@@H](N2C(=O)/C(=C/c3ccccc3)SC2=S)C(=O)N1c1ccc(Cl)cc1. The molecule has 0 spiro atoms. The Labute approximate surface area is 175 Å². The highest BCUT2D eigenvalue weighted by Gasteiger charge is 2.48. The Morgan fingerprint density at radius 2 is 1.71 bits per heavy atom. The highest BCUT2D eigenvalue weighted by atomic mass is 35.5. The number of hydrogen-bond acceptors (Lipinski definition) is 5. The van der Waals surface area contributed by atoms with E-state index in [1.165, 1.54) is 4.90 Å². The Morgan fingerprint density at radius 1 is 1.04 bits per heavy atom. The number of amides is 3. The second kappa shape index (κ2) is 7.50. The van der Waals surface area contributed by atoms with Crippen molar-refractivity contribution in [1.29, 1.82) is 0 Å². The van der Waals surface area contributed by atoms with E-state index < -0.39 is 11.9 Å². The summed E-state index contributed by atoms with van der Waals surface area (Å²) in [5, 5.41) is 0.502. The second-order valence-electron chi connectivity index (χ2n) is 6.23. The van der Waals surface area contributed by atoms with Crippen LogP contribution in [0.4, 0.5) is 5.69 Å². The van der Waals surface area contributed by atoms with Crippen LogP contribution in [0.1, 0.15) is 12.0 Å². The van der Waals surface area contributed by atoms with Crippen LogP contribution in [0.3, 0.4) is 0 Å². The van der Waals surface area contributed by atoms with Gasteiger partial charge in [-0.25, -0.2) is 4.90 Å². The molecule has 2 aliphatic heterocycles. The topological polar surface area (TPSA) is 57.7 Å². The molecule has 0 aromatic heterocycles. The summed E-state index contributed by atoms with van der Waals surface area (Å²) in [5.41, 5.74) is 1.28. The average molecular weight is 429 g/mol. The molecule has 2 saturated heterocycles. The Kier molecular flexibility index (Phi) is 5.05. The van der Waals surface area contributed by atoms with Crippen LogP contribution in [0.25, 0.3) is 6.08 Å². The van der Waals surface area contributed by atoms with Crippen molar-refractivity contribution >= 4 is 69.4 Å². The Bertz CT molecular complexity index is 1020. The van der Waals surface area contributed by atoms with Gasteiger partial charge in [0, 0.05) is 5.02 Å². The minimum absolute atomic E-state index is 0.105. The molecule has 1 atom stereocenters. The van der Waals surface area contributed by atoms with Gasteiger partial charge >= 0.3 is 0 Å². The zero-order chi connectivity index (χ0) is 19.8. The number of thiocarbonyl (C=S) groups is 1. The number of carbonyl (C=O) groups is 3. The third-order valence-electron chi connectivity index (χ3n) is 4.44. The third kappa shape index (κ3) is 3.37. The predicted octanol–water partition coefficient (Wildman–Crippen LogP) is 3.87. The van der Waals surface area contributed by atoms with Crippen LogP contribution in [0, 0.1) is 0 Å². The molecule has 140 valence electrons. The number of hydrogen-bond donors (Lipinski definition) is 0. The van der Waals surface area contributed by atoms with E-state index in [4.69, 9.17) is 23.8 Å². The van der Waals surface area contributed by atoms with Gasteiger partial charge in [0.1, 0.15) is 10.4 Å². The number of anilines is 1. The van der Waals surface area contributed by atoms with Gasteiger partial charge in [-0.3, -0.25) is 19.3 Å². The summed E-state index contributed by atoms with van der Waals surface area (Å²) in [7, 11) is 0. The van der Waals surface area contributed by atoms with Gasteiger partial charge in [-0.15, -0.1) is 0 Å². The first-order valence-electron chi connectivity index (χ1n) is 8.40. The summed E-state index contributed by atoms with van der Waals surface area (Å²) >= 11 is 12.4. The van der Waals surface area contributed by atoms with E-state index >= 15 is 0 Å². The Hall–Kier alpha value is -2.48. The molecule has 2 aromatic rings. The molecule has 28 heavy (non-hydrogen) atoms. The fourth-order valence-electron chi connectivity index (χ4n) is 3.13. The molecule has 0 bridgehead atoms. The third-order valence-corrected chi connectivity index (χ3v) is 6.02. The van der Waals surface area contributed by atoms with Gasteiger partial charge < -0.3 is 0 Å². The van der Waals surface area contributed by atoms with Crippen LogP contribution in [0.2, 0.25) is 5.02 Å². The summed E-state index contributed by atoms with van der Waals surface area (Å²) in [5.74, 6) is -1.20. The van der Waals surface area contributed by atoms with Crippen LogP contribution < -0.4 is 4.90 Å². The summed E-state index contributed by atoms with van der Waals surface area (Å²) in [6.07, 6.45) is 1.63. The van der Waals surface area contributed by atoms with Gasteiger partial charge in [0.15, 0.2) is 0 Å². The Morgan fingerprint density at radius 3 is 2.39 bits per heavy atom. The van der Waals surface area contributed by atoms with E-state index in [1.807, 2.05) is 30.3 Å². The number of imide groups is 1. The molecule has 8 heteroatoms. The minimum atomic E-state index is -0.933. The standard InChI is InChI=1S/C20H13ClN2O3S2/c21-13-6-8-14(9-7-13)22-17(24)11-15(18(22)25)23-19(26)16(28-20(23)27)10-12-4-2-1-3-5-12/h1-10,15H,11H2/b16-10-/t15-/m1/s1. The average Bonchev–Trinajstić information content (AvgIpc) is 3.12. The van der Waals surface area contributed by atoms with Crippen LogP contribution in [-0.2, 0) is 14.4 Å². The monoisotopic (exact) mass is 428 g/mol. The molecular weight excluding hydrogens is 416 g/mol. The normalized spacial score (nSPS) is 21.3. The molecular formula is C20H13ClN2O3S2. The first-order chi connectivity index (χ1) is 13.5. The highest BCUT2D eigenvalue weighted by molar-refractivity contribution is 8.26. The van der Waals surface area contributed by atoms with Gasteiger partial charge in [-0.05, 0) is 35.9 Å². The summed E-state index contributed by atoms with van der Waals surface area (Å²) in [6.45, 7) is 0. The van der Waals surface area contributed by atoms with Crippen molar-refractivity contribution in [2.75, 3.05) is 4.90 Å². The summed E-state index contributed by atoms with van der Waals surface area (Å²) < 4.78 is 0.274. The van der Waals surface area contributed by atoms with Crippen molar-refractivity contribution < 1.29 is 14.4 Å². The molecule has 2 fully saturated rings. The van der Waals surface area contributed by atoms with E-state index in [2.05, 4.69) is 0 Å². The van der Waals surface area contributed by atoms with E-state index in [0.29, 0.717) is 15.6 Å². The number of nitrogens with zero attached hydrogens (tertiary/aromatic N) is 2. The number of halogens is 1. The smallest absolute Gasteiger partial charge is 0.266 e. The second-order valence-corrected chi connectivity index (χ2v) is 8.34. The quantitative estimate of drug-likeness (QED) is 0.422. The van der Waals surface area contributed by atoms with E-state index in [-0.39, 0.29) is 22.6 Å². The van der Waals surface area contributed by atoms with Gasteiger partial charge in [-0.2, -0.15) is 0 Å². The maximum atomic E-state index is 12.9. The van der Waals surface area contributed by atoms with Crippen LogP contribution in [0.15, 0.2) is 59.5 Å². The fourth-order valence-corrected chi connectivity index (χ4v) is 4.61. The van der Waals surface area contributed by atoms with Crippen molar-refractivity contribution in [3.8, 4) is 0 Å².